The van der Waals surface area contributed by atoms with Gasteiger partial charge >= 0.3 is 0 Å². The molecule has 64 valence electrons. The molecule has 0 atom stereocenters. The second-order valence-corrected chi connectivity index (χ2v) is 3.91. The number of pyridine rings is 1. The molecule has 12 heavy (non-hydrogen) atoms. The molecule has 1 aliphatic heterocycles. The van der Waals surface area contributed by atoms with Gasteiger partial charge in [-0.15, -0.1) is 11.8 Å². The summed E-state index contributed by atoms with van der Waals surface area (Å²) < 4.78 is 0. The molecule has 1 aromatic rings. The molecule has 3 heteroatoms. The van der Waals surface area contributed by atoms with E-state index in [2.05, 4.69) is 29.4 Å². The van der Waals surface area contributed by atoms with Crippen LogP contribution in [0.4, 0.5) is 5.82 Å². The van der Waals surface area contributed by atoms with E-state index in [1.165, 1.54) is 10.6 Å². The number of anilines is 1. The number of thioether (sulfide) groups is 1. The fourth-order valence-corrected chi connectivity index (χ4v) is 2.10. The first-order chi connectivity index (χ1) is 5.90. The van der Waals surface area contributed by atoms with E-state index in [0.717, 1.165) is 24.5 Å². The number of hydrogen-bond donors (Lipinski definition) is 1. The van der Waals surface area contributed by atoms with Crippen molar-refractivity contribution in [3.63, 3.8) is 0 Å². The van der Waals surface area contributed by atoms with Crippen molar-refractivity contribution in [2.45, 2.75) is 18.2 Å². The zero-order chi connectivity index (χ0) is 8.39. The van der Waals surface area contributed by atoms with Crippen molar-refractivity contribution in [3.05, 3.63) is 17.8 Å². The van der Waals surface area contributed by atoms with E-state index in [1.54, 1.807) is 0 Å². The number of aromatic nitrogens is 1. The van der Waals surface area contributed by atoms with E-state index >= 15 is 0 Å². The highest BCUT2D eigenvalue weighted by Crippen LogP contribution is 2.28. The topological polar surface area (TPSA) is 24.9 Å². The van der Waals surface area contributed by atoms with Gasteiger partial charge in [-0.1, -0.05) is 6.92 Å². The molecular weight excluding hydrogens is 168 g/mol. The van der Waals surface area contributed by atoms with Crippen molar-refractivity contribution in [1.29, 1.82) is 0 Å². The predicted octanol–water partition coefficient (Wildman–Crippen LogP) is 2.16. The monoisotopic (exact) mass is 180 g/mol. The Kier molecular flexibility index (Phi) is 2.21. The summed E-state index contributed by atoms with van der Waals surface area (Å²) in [6.45, 7) is 3.17. The fraction of sp³-hybridized carbons (Fsp3) is 0.444. The van der Waals surface area contributed by atoms with Crippen LogP contribution in [0.2, 0.25) is 0 Å². The summed E-state index contributed by atoms with van der Waals surface area (Å²) in [5.74, 6) is 2.23. The van der Waals surface area contributed by atoms with Crippen LogP contribution >= 0.6 is 11.8 Å². The van der Waals surface area contributed by atoms with Gasteiger partial charge in [-0.05, 0) is 18.6 Å². The average Bonchev–Trinajstić information content (AvgIpc) is 2.17. The quantitative estimate of drug-likeness (QED) is 0.717. The van der Waals surface area contributed by atoms with Gasteiger partial charge in [-0.25, -0.2) is 4.98 Å². The zero-order valence-electron chi connectivity index (χ0n) is 7.13. The second-order valence-electron chi connectivity index (χ2n) is 2.78. The summed E-state index contributed by atoms with van der Waals surface area (Å²) in [4.78, 5) is 5.79. The number of fused-ring (bicyclic) bond motifs is 1. The van der Waals surface area contributed by atoms with Gasteiger partial charge < -0.3 is 5.32 Å². The van der Waals surface area contributed by atoms with Gasteiger partial charge in [0.25, 0.3) is 0 Å². The molecule has 2 nitrogen and oxygen atoms in total. The first-order valence-corrected chi connectivity index (χ1v) is 5.25. The third-order valence-corrected chi connectivity index (χ3v) is 2.98. The molecule has 1 aromatic heterocycles. The fourth-order valence-electron chi connectivity index (χ4n) is 1.26. The molecule has 0 radical (unpaired) electrons. The molecule has 0 fully saturated rings. The van der Waals surface area contributed by atoms with E-state index in [1.807, 2.05) is 11.8 Å². The average molecular weight is 180 g/mol. The summed E-state index contributed by atoms with van der Waals surface area (Å²) in [7, 11) is 0. The highest BCUT2D eigenvalue weighted by molar-refractivity contribution is 7.99. The van der Waals surface area contributed by atoms with Crippen molar-refractivity contribution in [1.82, 2.24) is 4.98 Å². The second kappa shape index (κ2) is 3.35. The molecule has 0 saturated carbocycles. The van der Waals surface area contributed by atoms with Crippen molar-refractivity contribution < 1.29 is 0 Å². The van der Waals surface area contributed by atoms with E-state index in [4.69, 9.17) is 0 Å². The highest BCUT2D eigenvalue weighted by Gasteiger charge is 2.09. The molecule has 0 aliphatic carbocycles. The van der Waals surface area contributed by atoms with Crippen LogP contribution in [0.5, 0.6) is 0 Å². The number of nitrogens with zero attached hydrogens (tertiary/aromatic N) is 1. The number of aryl methyl sites for hydroxylation is 1. The molecule has 0 saturated heterocycles. The van der Waals surface area contributed by atoms with Crippen LogP contribution in [-0.2, 0) is 6.42 Å². The third-order valence-electron chi connectivity index (χ3n) is 1.93. The van der Waals surface area contributed by atoms with E-state index < -0.39 is 0 Å². The van der Waals surface area contributed by atoms with Crippen LogP contribution in [0.1, 0.15) is 12.6 Å². The van der Waals surface area contributed by atoms with Gasteiger partial charge in [0.1, 0.15) is 5.82 Å². The van der Waals surface area contributed by atoms with Crippen molar-refractivity contribution in [2.75, 3.05) is 17.6 Å². The maximum Gasteiger partial charge on any atom is 0.140 e. The van der Waals surface area contributed by atoms with Gasteiger partial charge in [-0.3, -0.25) is 0 Å². The number of hydrogen-bond acceptors (Lipinski definition) is 3. The largest absolute Gasteiger partial charge is 0.368 e. The standard InChI is InChI=1S/C9H12N2S/c1-2-7-3-4-8-9(11-7)10-5-6-12-8/h3-4H,2,5-6H2,1H3,(H,10,11). The van der Waals surface area contributed by atoms with Crippen LogP contribution in [0.15, 0.2) is 17.0 Å². The summed E-state index contributed by atoms with van der Waals surface area (Å²) in [5, 5.41) is 3.31. The summed E-state index contributed by atoms with van der Waals surface area (Å²) in [6, 6.07) is 4.27. The minimum absolute atomic E-state index is 1.01. The molecule has 2 heterocycles. The lowest BCUT2D eigenvalue weighted by Gasteiger charge is -2.16. The molecule has 0 unspecified atom stereocenters. The lowest BCUT2D eigenvalue weighted by Crippen LogP contribution is -2.12. The van der Waals surface area contributed by atoms with Crippen LogP contribution in [0.25, 0.3) is 0 Å². The van der Waals surface area contributed by atoms with Crippen LogP contribution in [-0.4, -0.2) is 17.3 Å². The molecule has 2 rings (SSSR count). The van der Waals surface area contributed by atoms with Gasteiger partial charge in [-0.2, -0.15) is 0 Å². The Hall–Kier alpha value is -0.700. The molecule has 1 N–H and O–H groups in total. The summed E-state index contributed by atoms with van der Waals surface area (Å²) in [6.07, 6.45) is 1.01. The Morgan fingerprint density at radius 2 is 2.50 bits per heavy atom. The smallest absolute Gasteiger partial charge is 0.140 e. The lowest BCUT2D eigenvalue weighted by molar-refractivity contribution is 0.996. The minimum atomic E-state index is 1.01. The lowest BCUT2D eigenvalue weighted by atomic mass is 10.3. The Balaban J connectivity index is 2.36. The molecular formula is C9H12N2S. The summed E-state index contributed by atoms with van der Waals surface area (Å²) >= 11 is 1.88. The van der Waals surface area contributed by atoms with Crippen molar-refractivity contribution in [2.24, 2.45) is 0 Å². The number of nitrogens with one attached hydrogen (secondary N) is 1. The van der Waals surface area contributed by atoms with E-state index in [-0.39, 0.29) is 0 Å². The predicted molar refractivity (Wildman–Crippen MR) is 52.8 cm³/mol. The highest BCUT2D eigenvalue weighted by atomic mass is 32.2. The van der Waals surface area contributed by atoms with Crippen LogP contribution < -0.4 is 5.32 Å². The molecule has 0 amide bonds. The molecule has 0 aromatic carbocycles. The maximum atomic E-state index is 4.50. The molecule has 0 spiro atoms. The number of rotatable bonds is 1. The van der Waals surface area contributed by atoms with Gasteiger partial charge in [0, 0.05) is 22.9 Å². The molecule has 0 bridgehead atoms. The van der Waals surface area contributed by atoms with Crippen LogP contribution in [0.3, 0.4) is 0 Å². The normalized spacial score (nSPS) is 15.1. The Labute approximate surface area is 76.8 Å². The first kappa shape index (κ1) is 7.92. The van der Waals surface area contributed by atoms with Gasteiger partial charge in [0.05, 0.1) is 0 Å². The van der Waals surface area contributed by atoms with Gasteiger partial charge in [0.15, 0.2) is 0 Å². The van der Waals surface area contributed by atoms with Crippen LogP contribution in [0, 0.1) is 0 Å². The van der Waals surface area contributed by atoms with E-state index in [9.17, 15) is 0 Å². The van der Waals surface area contributed by atoms with Crippen molar-refractivity contribution in [3.8, 4) is 0 Å². The zero-order valence-corrected chi connectivity index (χ0v) is 7.95. The van der Waals surface area contributed by atoms with E-state index in [0.29, 0.717) is 0 Å². The first-order valence-electron chi connectivity index (χ1n) is 4.26. The minimum Gasteiger partial charge on any atom is -0.368 e. The molecule has 1 aliphatic rings. The SMILES string of the molecule is CCc1ccc2c(n1)NCCS2. The summed E-state index contributed by atoms with van der Waals surface area (Å²) in [5.41, 5.74) is 1.17. The van der Waals surface area contributed by atoms with Crippen molar-refractivity contribution >= 4 is 17.6 Å². The van der Waals surface area contributed by atoms with Gasteiger partial charge in [0.2, 0.25) is 0 Å². The maximum absolute atomic E-state index is 4.50. The Morgan fingerprint density at radius 3 is 3.33 bits per heavy atom. The Morgan fingerprint density at radius 1 is 1.58 bits per heavy atom. The third kappa shape index (κ3) is 1.41. The Bertz CT molecular complexity index is 286.